The zero-order valence-electron chi connectivity index (χ0n) is 15.9. The molecule has 146 valence electrons. The lowest BCUT2D eigenvalue weighted by Gasteiger charge is -2.14. The molecule has 0 radical (unpaired) electrons. The molecule has 3 N–H and O–H groups in total. The van der Waals surface area contributed by atoms with Crippen molar-refractivity contribution in [1.29, 1.82) is 0 Å². The molecule has 0 bridgehead atoms. The number of guanidine groups is 1. The van der Waals surface area contributed by atoms with E-state index in [1.165, 1.54) is 11.1 Å². The molecule has 0 aromatic heterocycles. The molecule has 0 aliphatic rings. The van der Waals surface area contributed by atoms with Crippen LogP contribution >= 0.6 is 0 Å². The van der Waals surface area contributed by atoms with Crippen LogP contribution in [0.2, 0.25) is 0 Å². The highest BCUT2D eigenvalue weighted by Gasteiger charge is 2.10. The highest BCUT2D eigenvalue weighted by atomic mass is 32.2. The molecule has 2 rings (SSSR count). The van der Waals surface area contributed by atoms with E-state index in [-0.39, 0.29) is 12.3 Å². The summed E-state index contributed by atoms with van der Waals surface area (Å²) in [5.74, 6) is 0.561. The number of rotatable bonds is 9. The Labute approximate surface area is 162 Å². The Hall–Kier alpha value is -2.38. The SMILES string of the molecule is CCc1ccccc1CNC(=NC)NCCS(=O)(=O)NCc1ccccc1. The van der Waals surface area contributed by atoms with Crippen molar-refractivity contribution in [2.24, 2.45) is 4.99 Å². The summed E-state index contributed by atoms with van der Waals surface area (Å²) in [6.45, 7) is 3.34. The highest BCUT2D eigenvalue weighted by Crippen LogP contribution is 2.08. The summed E-state index contributed by atoms with van der Waals surface area (Å²) in [5, 5.41) is 6.28. The number of aryl methyl sites for hydroxylation is 1. The van der Waals surface area contributed by atoms with E-state index in [2.05, 4.69) is 39.4 Å². The zero-order valence-corrected chi connectivity index (χ0v) is 16.7. The maximum atomic E-state index is 12.1. The largest absolute Gasteiger partial charge is 0.355 e. The first kappa shape index (κ1) is 20.9. The molecular weight excluding hydrogens is 360 g/mol. The minimum absolute atomic E-state index is 0.0217. The Morgan fingerprint density at radius 2 is 1.59 bits per heavy atom. The summed E-state index contributed by atoms with van der Waals surface area (Å²) in [6, 6.07) is 17.7. The van der Waals surface area contributed by atoms with Gasteiger partial charge < -0.3 is 10.6 Å². The molecule has 6 nitrogen and oxygen atoms in total. The van der Waals surface area contributed by atoms with Gasteiger partial charge in [-0.15, -0.1) is 0 Å². The van der Waals surface area contributed by atoms with Crippen LogP contribution in [0.1, 0.15) is 23.6 Å². The molecule has 2 aromatic rings. The number of nitrogens with zero attached hydrogens (tertiary/aromatic N) is 1. The van der Waals surface area contributed by atoms with E-state index in [1.807, 2.05) is 42.5 Å². The number of benzene rings is 2. The number of hydrogen-bond donors (Lipinski definition) is 3. The quantitative estimate of drug-likeness (QED) is 0.453. The third-order valence-electron chi connectivity index (χ3n) is 4.17. The number of hydrogen-bond acceptors (Lipinski definition) is 3. The molecular formula is C20H28N4O2S. The first-order valence-electron chi connectivity index (χ1n) is 9.06. The lowest BCUT2D eigenvalue weighted by atomic mass is 10.1. The molecule has 0 fully saturated rings. The third kappa shape index (κ3) is 7.40. The van der Waals surface area contributed by atoms with Crippen molar-refractivity contribution < 1.29 is 8.42 Å². The van der Waals surface area contributed by atoms with Gasteiger partial charge >= 0.3 is 0 Å². The predicted molar refractivity (Wildman–Crippen MR) is 111 cm³/mol. The summed E-state index contributed by atoms with van der Waals surface area (Å²) in [4.78, 5) is 4.15. The minimum Gasteiger partial charge on any atom is -0.355 e. The van der Waals surface area contributed by atoms with Crippen LogP contribution in [0.15, 0.2) is 59.6 Å². The van der Waals surface area contributed by atoms with Gasteiger partial charge in [0.1, 0.15) is 0 Å². The normalized spacial score (nSPS) is 12.0. The second-order valence-corrected chi connectivity index (χ2v) is 8.03. The van der Waals surface area contributed by atoms with E-state index >= 15 is 0 Å². The van der Waals surface area contributed by atoms with Crippen LogP contribution in [0.3, 0.4) is 0 Å². The van der Waals surface area contributed by atoms with Crippen LogP contribution in [0.4, 0.5) is 0 Å². The fraction of sp³-hybridized carbons (Fsp3) is 0.350. The van der Waals surface area contributed by atoms with Crippen LogP contribution in [0, 0.1) is 0 Å². The van der Waals surface area contributed by atoms with Crippen molar-refractivity contribution in [2.75, 3.05) is 19.3 Å². The van der Waals surface area contributed by atoms with Crippen LogP contribution in [-0.2, 0) is 29.5 Å². The van der Waals surface area contributed by atoms with E-state index in [0.29, 0.717) is 19.0 Å². The van der Waals surface area contributed by atoms with Crippen molar-refractivity contribution in [3.05, 3.63) is 71.3 Å². The van der Waals surface area contributed by atoms with Gasteiger partial charge in [0.2, 0.25) is 10.0 Å². The Kier molecular flexibility index (Phi) is 8.29. The monoisotopic (exact) mass is 388 g/mol. The molecule has 7 heteroatoms. The molecule has 0 heterocycles. The predicted octanol–water partition coefficient (Wildman–Crippen LogP) is 2.03. The fourth-order valence-electron chi connectivity index (χ4n) is 2.64. The fourth-order valence-corrected chi connectivity index (χ4v) is 3.54. The molecule has 0 saturated heterocycles. The van der Waals surface area contributed by atoms with Crippen LogP contribution in [-0.4, -0.2) is 33.7 Å². The van der Waals surface area contributed by atoms with Gasteiger partial charge in [-0.2, -0.15) is 0 Å². The topological polar surface area (TPSA) is 82.6 Å². The van der Waals surface area contributed by atoms with Gasteiger partial charge in [-0.05, 0) is 23.1 Å². The van der Waals surface area contributed by atoms with Gasteiger partial charge in [0.05, 0.1) is 5.75 Å². The van der Waals surface area contributed by atoms with E-state index < -0.39 is 10.0 Å². The molecule has 0 saturated carbocycles. The third-order valence-corrected chi connectivity index (χ3v) is 5.50. The Balaban J connectivity index is 1.76. The van der Waals surface area contributed by atoms with Gasteiger partial charge in [0.25, 0.3) is 0 Å². The number of aliphatic imine (C=N–C) groups is 1. The van der Waals surface area contributed by atoms with E-state index in [1.54, 1.807) is 7.05 Å². The van der Waals surface area contributed by atoms with Gasteiger partial charge in [0.15, 0.2) is 5.96 Å². The van der Waals surface area contributed by atoms with Gasteiger partial charge in [-0.25, -0.2) is 13.1 Å². The van der Waals surface area contributed by atoms with Crippen molar-refractivity contribution >= 4 is 16.0 Å². The summed E-state index contributed by atoms with van der Waals surface area (Å²) < 4.78 is 26.9. The maximum Gasteiger partial charge on any atom is 0.213 e. The van der Waals surface area contributed by atoms with Gasteiger partial charge in [-0.3, -0.25) is 4.99 Å². The molecule has 0 atom stereocenters. The number of nitrogens with one attached hydrogen (secondary N) is 3. The summed E-state index contributed by atoms with van der Waals surface area (Å²) in [5.41, 5.74) is 3.43. The second-order valence-electron chi connectivity index (χ2n) is 6.10. The maximum absolute atomic E-state index is 12.1. The Bertz CT molecular complexity index is 836. The molecule has 0 spiro atoms. The lowest BCUT2D eigenvalue weighted by molar-refractivity contribution is 0.580. The first-order chi connectivity index (χ1) is 13.0. The highest BCUT2D eigenvalue weighted by molar-refractivity contribution is 7.89. The molecule has 0 unspecified atom stereocenters. The van der Waals surface area contributed by atoms with E-state index in [4.69, 9.17) is 0 Å². The first-order valence-corrected chi connectivity index (χ1v) is 10.7. The minimum atomic E-state index is -3.36. The smallest absolute Gasteiger partial charge is 0.213 e. The van der Waals surface area contributed by atoms with Crippen molar-refractivity contribution in [2.45, 2.75) is 26.4 Å². The van der Waals surface area contributed by atoms with E-state index in [0.717, 1.165) is 12.0 Å². The van der Waals surface area contributed by atoms with Crippen molar-refractivity contribution in [3.63, 3.8) is 0 Å². The van der Waals surface area contributed by atoms with Gasteiger partial charge in [0, 0.05) is 26.7 Å². The zero-order chi connectivity index (χ0) is 19.5. The van der Waals surface area contributed by atoms with Crippen molar-refractivity contribution in [3.8, 4) is 0 Å². The summed E-state index contributed by atoms with van der Waals surface area (Å²) >= 11 is 0. The average molecular weight is 389 g/mol. The second kappa shape index (κ2) is 10.7. The summed E-state index contributed by atoms with van der Waals surface area (Å²) in [7, 11) is -1.69. The molecule has 0 amide bonds. The molecule has 27 heavy (non-hydrogen) atoms. The Morgan fingerprint density at radius 1 is 0.926 bits per heavy atom. The Morgan fingerprint density at radius 3 is 2.26 bits per heavy atom. The van der Waals surface area contributed by atoms with Gasteiger partial charge in [-0.1, -0.05) is 61.5 Å². The van der Waals surface area contributed by atoms with Crippen molar-refractivity contribution in [1.82, 2.24) is 15.4 Å². The van der Waals surface area contributed by atoms with Crippen LogP contribution < -0.4 is 15.4 Å². The molecule has 0 aliphatic carbocycles. The average Bonchev–Trinajstić information content (AvgIpc) is 2.70. The van der Waals surface area contributed by atoms with E-state index in [9.17, 15) is 8.42 Å². The standard InChI is InChI=1S/C20H28N4O2S/c1-3-18-11-7-8-12-19(18)16-23-20(21-2)22-13-14-27(25,26)24-15-17-9-5-4-6-10-17/h4-12,24H,3,13-16H2,1-2H3,(H2,21,22,23). The van der Waals surface area contributed by atoms with Crippen LogP contribution in [0.25, 0.3) is 0 Å². The lowest BCUT2D eigenvalue weighted by Crippen LogP contribution is -2.40. The molecule has 0 aliphatic heterocycles. The number of sulfonamides is 1. The molecule has 2 aromatic carbocycles. The summed E-state index contributed by atoms with van der Waals surface area (Å²) in [6.07, 6.45) is 0.967. The van der Waals surface area contributed by atoms with Crippen LogP contribution in [0.5, 0.6) is 0 Å².